The molecule has 1 heterocycles. The van der Waals surface area contributed by atoms with Crippen molar-refractivity contribution < 1.29 is 18.7 Å². The van der Waals surface area contributed by atoms with E-state index in [0.29, 0.717) is 24.0 Å². The van der Waals surface area contributed by atoms with E-state index in [0.717, 1.165) is 11.4 Å². The average Bonchev–Trinajstić information content (AvgIpc) is 2.73. The molecule has 2 aliphatic rings. The van der Waals surface area contributed by atoms with E-state index in [2.05, 4.69) is 0 Å². The number of anilines is 1. The minimum Gasteiger partial charge on any atom is -0.463 e. The monoisotopic (exact) mass is 434 g/mol. The van der Waals surface area contributed by atoms with E-state index in [1.165, 1.54) is 12.1 Å². The van der Waals surface area contributed by atoms with Gasteiger partial charge in [-0.2, -0.15) is 0 Å². The zero-order valence-electron chi connectivity index (χ0n) is 18.5. The number of ketones is 1. The predicted octanol–water partition coefficient (Wildman–Crippen LogP) is 4.81. The molecule has 5 nitrogen and oxygen atoms in total. The van der Waals surface area contributed by atoms with Crippen molar-refractivity contribution in [3.63, 3.8) is 0 Å². The fraction of sp³-hybridized carbons (Fsp3) is 0.308. The summed E-state index contributed by atoms with van der Waals surface area (Å²) in [5, 5.41) is 0. The molecule has 1 unspecified atom stereocenters. The van der Waals surface area contributed by atoms with Crippen molar-refractivity contribution in [1.29, 1.82) is 0 Å². The normalized spacial score (nSPS) is 20.3. The minimum atomic E-state index is -0.715. The number of nitrogens with zero attached hydrogens (tertiary/aromatic N) is 1. The molecule has 0 saturated carbocycles. The van der Waals surface area contributed by atoms with Crippen LogP contribution in [0.1, 0.15) is 45.1 Å². The van der Waals surface area contributed by atoms with Crippen LogP contribution in [0.25, 0.3) is 0 Å². The smallest absolute Gasteiger partial charge is 0.338 e. The molecule has 0 spiro atoms. The standard InChI is InChI=1S/C26H27FN2O3/c1-4-32-25(31)23-21(16-10-12-17(27)13-11-16)22-19(14-26(2,3)15-20(22)30)29(24(23)28)18-8-6-5-7-9-18/h5-13,21H,4,14-15,28H2,1-3H3. The Hall–Kier alpha value is -3.41. The number of hydrogen-bond donors (Lipinski definition) is 1. The van der Waals surface area contributed by atoms with Crippen molar-refractivity contribution in [1.82, 2.24) is 0 Å². The van der Waals surface area contributed by atoms with Crippen molar-refractivity contribution in [3.8, 4) is 0 Å². The molecule has 4 rings (SSSR count). The fourth-order valence-corrected chi connectivity index (χ4v) is 4.68. The molecular formula is C26H27FN2O3. The molecule has 2 aromatic rings. The van der Waals surface area contributed by atoms with Crippen LogP contribution >= 0.6 is 0 Å². The molecule has 32 heavy (non-hydrogen) atoms. The van der Waals surface area contributed by atoms with Gasteiger partial charge in [-0.3, -0.25) is 9.69 Å². The lowest BCUT2D eigenvalue weighted by atomic mass is 9.68. The summed E-state index contributed by atoms with van der Waals surface area (Å²) in [4.78, 5) is 28.5. The van der Waals surface area contributed by atoms with Gasteiger partial charge in [0, 0.05) is 23.4 Å². The number of halogens is 1. The van der Waals surface area contributed by atoms with Gasteiger partial charge in [0.1, 0.15) is 11.6 Å². The maximum absolute atomic E-state index is 13.7. The zero-order valence-corrected chi connectivity index (χ0v) is 18.5. The summed E-state index contributed by atoms with van der Waals surface area (Å²) in [5.74, 6) is -1.50. The summed E-state index contributed by atoms with van der Waals surface area (Å²) in [7, 11) is 0. The molecule has 0 radical (unpaired) electrons. The fourth-order valence-electron chi connectivity index (χ4n) is 4.68. The Labute approximate surface area is 187 Å². The number of ether oxygens (including phenoxy) is 1. The van der Waals surface area contributed by atoms with Crippen molar-refractivity contribution in [2.75, 3.05) is 11.5 Å². The second-order valence-electron chi connectivity index (χ2n) is 8.98. The molecule has 1 aliphatic carbocycles. The summed E-state index contributed by atoms with van der Waals surface area (Å²) >= 11 is 0. The minimum absolute atomic E-state index is 0.0409. The van der Waals surface area contributed by atoms with Crippen LogP contribution in [0, 0.1) is 11.2 Å². The number of esters is 1. The molecular weight excluding hydrogens is 407 g/mol. The molecule has 0 aromatic heterocycles. The molecule has 1 aliphatic heterocycles. The number of para-hydroxylation sites is 1. The van der Waals surface area contributed by atoms with Gasteiger partial charge in [0.2, 0.25) is 0 Å². The number of Topliss-reactive ketones (excluding diaryl/α,β-unsaturated/α-hetero) is 1. The third-order valence-electron chi connectivity index (χ3n) is 5.97. The first kappa shape index (κ1) is 21.8. The van der Waals surface area contributed by atoms with Crippen LogP contribution in [0.15, 0.2) is 77.3 Å². The van der Waals surface area contributed by atoms with Crippen LogP contribution in [0.2, 0.25) is 0 Å². The Kier molecular flexibility index (Phi) is 5.63. The first-order valence-electron chi connectivity index (χ1n) is 10.8. The molecule has 1 atom stereocenters. The molecule has 0 bridgehead atoms. The number of rotatable bonds is 4. The van der Waals surface area contributed by atoms with Crippen LogP contribution in [-0.4, -0.2) is 18.4 Å². The van der Waals surface area contributed by atoms with E-state index >= 15 is 0 Å². The SMILES string of the molecule is CCOC(=O)C1=C(N)N(c2ccccc2)C2=C(C(=O)CC(C)(C)C2)C1c1ccc(F)cc1. The molecule has 6 heteroatoms. The largest absolute Gasteiger partial charge is 0.463 e. The summed E-state index contributed by atoms with van der Waals surface area (Å²) in [6, 6.07) is 15.3. The predicted molar refractivity (Wildman–Crippen MR) is 121 cm³/mol. The lowest BCUT2D eigenvalue weighted by Gasteiger charge is -2.44. The van der Waals surface area contributed by atoms with Gasteiger partial charge in [0.15, 0.2) is 5.78 Å². The highest BCUT2D eigenvalue weighted by atomic mass is 19.1. The molecule has 0 saturated heterocycles. The Morgan fingerprint density at radius 1 is 1.12 bits per heavy atom. The maximum atomic E-state index is 13.7. The topological polar surface area (TPSA) is 72.6 Å². The zero-order chi connectivity index (χ0) is 23.0. The molecule has 0 amide bonds. The highest BCUT2D eigenvalue weighted by Gasteiger charge is 2.46. The maximum Gasteiger partial charge on any atom is 0.338 e. The third-order valence-corrected chi connectivity index (χ3v) is 5.97. The second kappa shape index (κ2) is 8.26. The van der Waals surface area contributed by atoms with Gasteiger partial charge in [-0.1, -0.05) is 44.2 Å². The van der Waals surface area contributed by atoms with E-state index < -0.39 is 17.7 Å². The van der Waals surface area contributed by atoms with Crippen LogP contribution < -0.4 is 10.6 Å². The lowest BCUT2D eigenvalue weighted by Crippen LogP contribution is -2.43. The first-order valence-corrected chi connectivity index (χ1v) is 10.8. The summed E-state index contributed by atoms with van der Waals surface area (Å²) in [6.45, 7) is 5.99. The number of benzene rings is 2. The lowest BCUT2D eigenvalue weighted by molar-refractivity contribution is -0.138. The van der Waals surface area contributed by atoms with Crippen LogP contribution in [0.3, 0.4) is 0 Å². The highest BCUT2D eigenvalue weighted by molar-refractivity contribution is 6.05. The van der Waals surface area contributed by atoms with Gasteiger partial charge in [-0.25, -0.2) is 9.18 Å². The Morgan fingerprint density at radius 2 is 1.78 bits per heavy atom. The molecule has 2 N–H and O–H groups in total. The second-order valence-corrected chi connectivity index (χ2v) is 8.98. The molecule has 0 fully saturated rings. The number of carbonyl (C=O) groups excluding carboxylic acids is 2. The summed E-state index contributed by atoms with van der Waals surface area (Å²) in [5.41, 5.74) is 9.30. The van der Waals surface area contributed by atoms with Gasteiger partial charge in [-0.05, 0) is 48.6 Å². The van der Waals surface area contributed by atoms with Crippen molar-refractivity contribution in [3.05, 3.63) is 88.6 Å². The number of hydrogen-bond acceptors (Lipinski definition) is 5. The van der Waals surface area contributed by atoms with Gasteiger partial charge in [0.25, 0.3) is 0 Å². The van der Waals surface area contributed by atoms with E-state index in [9.17, 15) is 14.0 Å². The Morgan fingerprint density at radius 3 is 2.41 bits per heavy atom. The quantitative estimate of drug-likeness (QED) is 0.700. The van der Waals surface area contributed by atoms with E-state index in [-0.39, 0.29) is 29.2 Å². The number of nitrogens with two attached hydrogens (primary N) is 1. The Bertz CT molecular complexity index is 1120. The van der Waals surface area contributed by atoms with E-state index in [1.54, 1.807) is 24.0 Å². The van der Waals surface area contributed by atoms with Crippen molar-refractivity contribution in [2.45, 2.75) is 39.5 Å². The van der Waals surface area contributed by atoms with Crippen molar-refractivity contribution >= 4 is 17.4 Å². The average molecular weight is 435 g/mol. The first-order chi connectivity index (χ1) is 15.2. The van der Waals surface area contributed by atoms with Gasteiger partial charge < -0.3 is 10.5 Å². The third kappa shape index (κ3) is 3.81. The van der Waals surface area contributed by atoms with Gasteiger partial charge in [-0.15, -0.1) is 0 Å². The van der Waals surface area contributed by atoms with Gasteiger partial charge in [0.05, 0.1) is 18.1 Å². The summed E-state index contributed by atoms with van der Waals surface area (Å²) < 4.78 is 19.0. The van der Waals surface area contributed by atoms with E-state index in [1.807, 2.05) is 44.2 Å². The molecule has 2 aromatic carbocycles. The summed E-state index contributed by atoms with van der Waals surface area (Å²) in [6.07, 6.45) is 0.958. The van der Waals surface area contributed by atoms with Crippen LogP contribution in [0.5, 0.6) is 0 Å². The van der Waals surface area contributed by atoms with Crippen molar-refractivity contribution in [2.24, 2.45) is 11.1 Å². The number of carbonyl (C=O) groups is 2. The van der Waals surface area contributed by atoms with E-state index in [4.69, 9.17) is 10.5 Å². The highest BCUT2D eigenvalue weighted by Crippen LogP contribution is 2.50. The van der Waals surface area contributed by atoms with Crippen LogP contribution in [0.4, 0.5) is 10.1 Å². The number of allylic oxidation sites excluding steroid dienone is 2. The Balaban J connectivity index is 2.01. The van der Waals surface area contributed by atoms with Gasteiger partial charge >= 0.3 is 5.97 Å². The molecule has 166 valence electrons. The van der Waals surface area contributed by atoms with Crippen LogP contribution in [-0.2, 0) is 14.3 Å².